The number of carbonyl (C=O) groups excluding carboxylic acids is 2. The molecule has 4 saturated heterocycles. The smallest absolute Gasteiger partial charge is 0.230 e. The van der Waals surface area contributed by atoms with Gasteiger partial charge in [-0.15, -0.1) is 0 Å². The SMILES string of the molecule is C[C@H]1CC[C@@]2(OC1)O[C@H]1C[C@H]3[C@@H]4CC[C@@H]5CC(NC(=O)CC(=O)NCN6CC7(COC7)C6)CC[C@]5(C)[C@H]4CC[C@]3(C)[C@H]1[C@@H]2C. The fourth-order valence-electron chi connectivity index (χ4n) is 12.7. The van der Waals surface area contributed by atoms with Crippen LogP contribution >= 0.6 is 0 Å². The van der Waals surface area contributed by atoms with Crippen LogP contribution in [0.5, 0.6) is 0 Å². The summed E-state index contributed by atoms with van der Waals surface area (Å²) in [6, 6.07) is 0.196. The molecule has 0 bridgehead atoms. The molecule has 1 unspecified atom stereocenters. The first-order valence-electron chi connectivity index (χ1n) is 18.2. The highest BCUT2D eigenvalue weighted by molar-refractivity contribution is 5.96. The molecule has 0 radical (unpaired) electrons. The Morgan fingerprint density at radius 2 is 1.68 bits per heavy atom. The van der Waals surface area contributed by atoms with E-state index in [0.29, 0.717) is 52.7 Å². The molecule has 2 amide bonds. The molecule has 4 heterocycles. The monoisotopic (exact) mass is 611 g/mol. The first kappa shape index (κ1) is 30.1. The Balaban J connectivity index is 0.848. The van der Waals surface area contributed by atoms with Gasteiger partial charge in [-0.05, 0) is 104 Å². The highest BCUT2D eigenvalue weighted by atomic mass is 16.7. The molecule has 8 aliphatic rings. The fraction of sp³-hybridized carbons (Fsp3) is 0.944. The molecule has 8 heteroatoms. The second-order valence-electron chi connectivity index (χ2n) is 17.6. The number of rotatable bonds is 5. The van der Waals surface area contributed by atoms with Crippen LogP contribution in [0.2, 0.25) is 0 Å². The van der Waals surface area contributed by atoms with Crippen molar-refractivity contribution in [2.75, 3.05) is 39.6 Å². The lowest BCUT2D eigenvalue weighted by Gasteiger charge is -2.61. The molecule has 12 atom stereocenters. The van der Waals surface area contributed by atoms with Crippen LogP contribution in [0.1, 0.15) is 98.3 Å². The standard InChI is InChI=1S/C36H57N3O5/c1-22-7-12-36(43-16-22)23(2)32-29(44-36)14-28-26-6-5-24-13-25(8-10-33(24,3)27(26)9-11-34(28,32)4)38-31(41)15-30(40)37-21-39-17-35(18-39)19-42-20-35/h22-29,32H,5-21H2,1-4H3,(H,37,40)(H,38,41)/t22-,23-,24+,25?,26+,27-,28-,29-,32-,33-,34-,36+/m0/s1. The van der Waals surface area contributed by atoms with Crippen molar-refractivity contribution in [3.05, 3.63) is 0 Å². The molecule has 0 aromatic heterocycles. The molecule has 4 aliphatic carbocycles. The molecule has 2 N–H and O–H groups in total. The Kier molecular flexibility index (Phi) is 7.29. The van der Waals surface area contributed by atoms with Crippen LogP contribution in [-0.4, -0.2) is 74.2 Å². The average molecular weight is 612 g/mol. The van der Waals surface area contributed by atoms with Gasteiger partial charge in [0.2, 0.25) is 11.8 Å². The normalized spacial score (nSPS) is 50.5. The van der Waals surface area contributed by atoms with Gasteiger partial charge < -0.3 is 24.8 Å². The Morgan fingerprint density at radius 1 is 0.886 bits per heavy atom. The Hall–Kier alpha value is -1.22. The highest BCUT2D eigenvalue weighted by Crippen LogP contribution is 2.71. The van der Waals surface area contributed by atoms with Crippen molar-refractivity contribution in [1.29, 1.82) is 0 Å². The molecular formula is C36H57N3O5. The number of hydrogen-bond donors (Lipinski definition) is 2. The fourth-order valence-corrected chi connectivity index (χ4v) is 12.7. The highest BCUT2D eigenvalue weighted by Gasteiger charge is 2.69. The van der Waals surface area contributed by atoms with E-state index >= 15 is 0 Å². The molecule has 44 heavy (non-hydrogen) atoms. The number of ether oxygens (including phenoxy) is 3. The van der Waals surface area contributed by atoms with E-state index < -0.39 is 0 Å². The van der Waals surface area contributed by atoms with Gasteiger partial charge in [0.15, 0.2) is 5.79 Å². The second-order valence-corrected chi connectivity index (χ2v) is 17.6. The largest absolute Gasteiger partial charge is 0.380 e. The van der Waals surface area contributed by atoms with Gasteiger partial charge in [0, 0.05) is 36.9 Å². The van der Waals surface area contributed by atoms with E-state index in [2.05, 4.69) is 43.2 Å². The van der Waals surface area contributed by atoms with E-state index in [-0.39, 0.29) is 30.1 Å². The molecule has 8 nitrogen and oxygen atoms in total. The third-order valence-corrected chi connectivity index (χ3v) is 15.1. The van der Waals surface area contributed by atoms with Gasteiger partial charge in [-0.1, -0.05) is 27.7 Å². The summed E-state index contributed by atoms with van der Waals surface area (Å²) >= 11 is 0. The van der Waals surface area contributed by atoms with E-state index in [9.17, 15) is 9.59 Å². The predicted octanol–water partition coefficient (Wildman–Crippen LogP) is 4.71. The molecular weight excluding hydrogens is 554 g/mol. The van der Waals surface area contributed by atoms with E-state index in [4.69, 9.17) is 14.2 Å². The zero-order chi connectivity index (χ0) is 30.5. The van der Waals surface area contributed by atoms with Crippen LogP contribution in [-0.2, 0) is 23.8 Å². The molecule has 0 aromatic rings. The van der Waals surface area contributed by atoms with Crippen molar-refractivity contribution < 1.29 is 23.8 Å². The van der Waals surface area contributed by atoms with Crippen LogP contribution in [0, 0.1) is 57.7 Å². The molecule has 8 fully saturated rings. The van der Waals surface area contributed by atoms with Gasteiger partial charge in [0.25, 0.3) is 0 Å². The third kappa shape index (κ3) is 4.65. The summed E-state index contributed by atoms with van der Waals surface area (Å²) in [6.45, 7) is 15.0. The number of likely N-dealkylation sites (tertiary alicyclic amines) is 1. The number of nitrogens with zero attached hydrogens (tertiary/aromatic N) is 1. The number of fused-ring (bicyclic) bond motifs is 7. The lowest BCUT2D eigenvalue weighted by molar-refractivity contribution is -0.273. The van der Waals surface area contributed by atoms with Gasteiger partial charge in [-0.25, -0.2) is 0 Å². The van der Waals surface area contributed by atoms with Gasteiger partial charge in [-0.2, -0.15) is 0 Å². The van der Waals surface area contributed by atoms with Crippen molar-refractivity contribution in [1.82, 2.24) is 15.5 Å². The maximum absolute atomic E-state index is 12.9. The van der Waals surface area contributed by atoms with Crippen LogP contribution in [0.4, 0.5) is 0 Å². The van der Waals surface area contributed by atoms with Crippen LogP contribution in [0.3, 0.4) is 0 Å². The molecule has 8 rings (SSSR count). The minimum absolute atomic E-state index is 0.0698. The third-order valence-electron chi connectivity index (χ3n) is 15.1. The lowest BCUT2D eigenvalue weighted by Crippen LogP contribution is -2.67. The molecule has 4 aliphatic heterocycles. The van der Waals surface area contributed by atoms with Crippen molar-refractivity contribution >= 4 is 11.8 Å². The maximum Gasteiger partial charge on any atom is 0.230 e. The Morgan fingerprint density at radius 3 is 2.41 bits per heavy atom. The van der Waals surface area contributed by atoms with E-state index in [1.807, 2.05) is 0 Å². The summed E-state index contributed by atoms with van der Waals surface area (Å²) in [5.41, 5.74) is 1.05. The molecule has 0 aromatic carbocycles. The lowest BCUT2D eigenvalue weighted by atomic mass is 9.44. The van der Waals surface area contributed by atoms with Crippen molar-refractivity contribution in [2.24, 2.45) is 57.7 Å². The Bertz CT molecular complexity index is 1140. The minimum atomic E-state index is -0.330. The number of carbonyl (C=O) groups is 2. The maximum atomic E-state index is 12.9. The van der Waals surface area contributed by atoms with Gasteiger partial charge >= 0.3 is 0 Å². The van der Waals surface area contributed by atoms with Crippen molar-refractivity contribution in [2.45, 2.75) is 116 Å². The van der Waals surface area contributed by atoms with Gasteiger partial charge in [0.05, 0.1) is 32.6 Å². The van der Waals surface area contributed by atoms with Crippen LogP contribution < -0.4 is 10.6 Å². The topological polar surface area (TPSA) is 89.1 Å². The van der Waals surface area contributed by atoms with Gasteiger partial charge in [0.1, 0.15) is 6.42 Å². The minimum Gasteiger partial charge on any atom is -0.380 e. The molecule has 4 saturated carbocycles. The number of hydrogen-bond acceptors (Lipinski definition) is 6. The summed E-state index contributed by atoms with van der Waals surface area (Å²) in [6.07, 6.45) is 12.4. The zero-order valence-electron chi connectivity index (χ0n) is 27.7. The average Bonchev–Trinajstić information content (AvgIpc) is 3.38. The number of amides is 2. The predicted molar refractivity (Wildman–Crippen MR) is 166 cm³/mol. The van der Waals surface area contributed by atoms with E-state index in [1.54, 1.807) is 0 Å². The molecule has 2 spiro atoms. The first-order valence-corrected chi connectivity index (χ1v) is 18.2. The van der Waals surface area contributed by atoms with Crippen LogP contribution in [0.25, 0.3) is 0 Å². The summed E-state index contributed by atoms with van der Waals surface area (Å²) in [7, 11) is 0. The van der Waals surface area contributed by atoms with E-state index in [0.717, 1.165) is 69.9 Å². The first-order chi connectivity index (χ1) is 21.0. The summed E-state index contributed by atoms with van der Waals surface area (Å²) in [4.78, 5) is 27.6. The number of nitrogens with one attached hydrogen (secondary N) is 2. The van der Waals surface area contributed by atoms with E-state index in [1.165, 1.54) is 44.9 Å². The summed E-state index contributed by atoms with van der Waals surface area (Å²) < 4.78 is 18.8. The summed E-state index contributed by atoms with van der Waals surface area (Å²) in [5.74, 6) is 4.12. The van der Waals surface area contributed by atoms with Gasteiger partial charge in [-0.3, -0.25) is 14.5 Å². The van der Waals surface area contributed by atoms with Crippen LogP contribution in [0.15, 0.2) is 0 Å². The molecule has 246 valence electrons. The second kappa shape index (κ2) is 10.6. The summed E-state index contributed by atoms with van der Waals surface area (Å²) in [5, 5.41) is 6.21. The van der Waals surface area contributed by atoms with Crippen molar-refractivity contribution in [3.8, 4) is 0 Å². The van der Waals surface area contributed by atoms with Crippen molar-refractivity contribution in [3.63, 3.8) is 0 Å². The quantitative estimate of drug-likeness (QED) is 0.438. The Labute approximate surface area is 264 Å². The zero-order valence-corrected chi connectivity index (χ0v) is 27.7.